The van der Waals surface area contributed by atoms with Gasteiger partial charge in [-0.25, -0.2) is 4.98 Å². The van der Waals surface area contributed by atoms with Gasteiger partial charge in [-0.3, -0.25) is 9.36 Å². The van der Waals surface area contributed by atoms with E-state index >= 15 is 0 Å². The molecule has 0 aliphatic carbocycles. The third kappa shape index (κ3) is 1.46. The summed E-state index contributed by atoms with van der Waals surface area (Å²) < 4.78 is 1.42. The summed E-state index contributed by atoms with van der Waals surface area (Å²) in [7, 11) is 1.63. The number of phenols is 1. The topological polar surface area (TPSA) is 81.1 Å². The van der Waals surface area contributed by atoms with Gasteiger partial charge in [0.25, 0.3) is 5.56 Å². The van der Waals surface area contributed by atoms with Crippen LogP contribution >= 0.6 is 0 Å². The molecule has 78 valence electrons. The minimum absolute atomic E-state index is 0.0891. The average molecular weight is 205 g/mol. The fraction of sp³-hybridized carbons (Fsp3) is 0.200. The number of aromatic nitrogens is 2. The van der Waals surface area contributed by atoms with Crippen molar-refractivity contribution >= 4 is 10.9 Å². The van der Waals surface area contributed by atoms with Crippen molar-refractivity contribution in [3.63, 3.8) is 0 Å². The Labute approximate surface area is 85.8 Å². The lowest BCUT2D eigenvalue weighted by molar-refractivity contribution is 0.476. The minimum Gasteiger partial charge on any atom is -0.508 e. The van der Waals surface area contributed by atoms with Crippen molar-refractivity contribution in [3.05, 3.63) is 34.4 Å². The number of benzene rings is 1. The van der Waals surface area contributed by atoms with E-state index in [1.165, 1.54) is 16.7 Å². The van der Waals surface area contributed by atoms with Crippen LogP contribution < -0.4 is 11.3 Å². The molecule has 2 rings (SSSR count). The molecule has 3 N–H and O–H groups in total. The first-order valence-electron chi connectivity index (χ1n) is 4.52. The lowest BCUT2D eigenvalue weighted by Gasteiger charge is -2.06. The maximum Gasteiger partial charge on any atom is 0.261 e. The standard InChI is InChI=1S/C10H11N3O2/c1-13-9(5-11)12-8-4-6(14)2-3-7(8)10(13)15/h2-4,14H,5,11H2,1H3. The number of aromatic hydroxyl groups is 1. The zero-order valence-electron chi connectivity index (χ0n) is 8.27. The van der Waals surface area contributed by atoms with Gasteiger partial charge in [0.05, 0.1) is 17.4 Å². The van der Waals surface area contributed by atoms with E-state index in [9.17, 15) is 9.90 Å². The molecule has 1 heterocycles. The summed E-state index contributed by atoms with van der Waals surface area (Å²) in [6, 6.07) is 4.48. The van der Waals surface area contributed by atoms with Crippen LogP contribution in [0.1, 0.15) is 5.82 Å². The zero-order chi connectivity index (χ0) is 11.0. The molecule has 5 heteroatoms. The molecular weight excluding hydrogens is 194 g/mol. The number of hydrogen-bond donors (Lipinski definition) is 2. The predicted octanol–water partition coefficient (Wildman–Crippen LogP) is 0.0978. The summed E-state index contributed by atoms with van der Waals surface area (Å²) in [5.41, 5.74) is 5.78. The van der Waals surface area contributed by atoms with E-state index in [1.54, 1.807) is 13.1 Å². The van der Waals surface area contributed by atoms with E-state index < -0.39 is 0 Å². The number of rotatable bonds is 1. The van der Waals surface area contributed by atoms with Crippen LogP contribution in [0, 0.1) is 0 Å². The van der Waals surface area contributed by atoms with E-state index in [-0.39, 0.29) is 17.9 Å². The fourth-order valence-corrected chi connectivity index (χ4v) is 1.49. The van der Waals surface area contributed by atoms with Crippen molar-refractivity contribution in [2.24, 2.45) is 12.8 Å². The van der Waals surface area contributed by atoms with Crippen molar-refractivity contribution in [1.82, 2.24) is 9.55 Å². The number of phenolic OH excluding ortho intramolecular Hbond substituents is 1. The number of hydrogen-bond acceptors (Lipinski definition) is 4. The highest BCUT2D eigenvalue weighted by atomic mass is 16.3. The second kappa shape index (κ2) is 3.36. The maximum atomic E-state index is 11.8. The van der Waals surface area contributed by atoms with Gasteiger partial charge in [-0.2, -0.15) is 0 Å². The lowest BCUT2D eigenvalue weighted by atomic mass is 10.2. The van der Waals surface area contributed by atoms with Gasteiger partial charge in [0.15, 0.2) is 0 Å². The predicted molar refractivity (Wildman–Crippen MR) is 56.5 cm³/mol. The van der Waals surface area contributed by atoms with Crippen LogP contribution in [0.15, 0.2) is 23.0 Å². The zero-order valence-corrected chi connectivity index (χ0v) is 8.27. The molecule has 5 nitrogen and oxygen atoms in total. The quantitative estimate of drug-likeness (QED) is 0.691. The molecule has 0 aliphatic heterocycles. The van der Waals surface area contributed by atoms with Gasteiger partial charge in [-0.1, -0.05) is 0 Å². The van der Waals surface area contributed by atoms with E-state index in [2.05, 4.69) is 4.98 Å². The van der Waals surface area contributed by atoms with Gasteiger partial charge in [-0.05, 0) is 12.1 Å². The molecule has 1 aromatic heterocycles. The second-order valence-electron chi connectivity index (χ2n) is 3.30. The normalized spacial score (nSPS) is 10.8. The summed E-state index contributed by atoms with van der Waals surface area (Å²) in [6.07, 6.45) is 0. The molecule has 0 amide bonds. The maximum absolute atomic E-state index is 11.8. The van der Waals surface area contributed by atoms with Gasteiger partial charge in [0.1, 0.15) is 11.6 Å². The van der Waals surface area contributed by atoms with E-state index in [1.807, 2.05) is 0 Å². The van der Waals surface area contributed by atoms with Crippen molar-refractivity contribution < 1.29 is 5.11 Å². The first kappa shape index (κ1) is 9.67. The monoisotopic (exact) mass is 205 g/mol. The summed E-state index contributed by atoms with van der Waals surface area (Å²) in [6.45, 7) is 0.192. The molecule has 1 aromatic carbocycles. The lowest BCUT2D eigenvalue weighted by Crippen LogP contribution is -2.24. The smallest absolute Gasteiger partial charge is 0.261 e. The molecule has 0 saturated heterocycles. The highest BCUT2D eigenvalue weighted by molar-refractivity contribution is 5.79. The van der Waals surface area contributed by atoms with E-state index in [4.69, 9.17) is 5.73 Å². The Morgan fingerprint density at radius 1 is 1.53 bits per heavy atom. The largest absolute Gasteiger partial charge is 0.508 e. The summed E-state index contributed by atoms with van der Waals surface area (Å²) >= 11 is 0. The molecule has 0 aliphatic rings. The van der Waals surface area contributed by atoms with Crippen LogP contribution in [0.2, 0.25) is 0 Å². The molecular formula is C10H11N3O2. The van der Waals surface area contributed by atoms with Crippen LogP contribution in [-0.2, 0) is 13.6 Å². The number of nitrogens with zero attached hydrogens (tertiary/aromatic N) is 2. The van der Waals surface area contributed by atoms with Gasteiger partial charge in [0, 0.05) is 13.1 Å². The second-order valence-corrected chi connectivity index (χ2v) is 3.30. The van der Waals surface area contributed by atoms with E-state index in [0.717, 1.165) is 0 Å². The van der Waals surface area contributed by atoms with Crippen LogP contribution in [0.5, 0.6) is 5.75 Å². The summed E-state index contributed by atoms with van der Waals surface area (Å²) in [5, 5.41) is 9.75. The number of fused-ring (bicyclic) bond motifs is 1. The summed E-state index contributed by atoms with van der Waals surface area (Å²) in [5.74, 6) is 0.587. The van der Waals surface area contributed by atoms with Crippen LogP contribution in [0.4, 0.5) is 0 Å². The molecule has 0 unspecified atom stereocenters. The van der Waals surface area contributed by atoms with Crippen LogP contribution in [-0.4, -0.2) is 14.7 Å². The molecule has 0 atom stereocenters. The minimum atomic E-state index is -0.152. The van der Waals surface area contributed by atoms with Gasteiger partial charge >= 0.3 is 0 Å². The van der Waals surface area contributed by atoms with Gasteiger partial charge < -0.3 is 10.8 Å². The van der Waals surface area contributed by atoms with Crippen LogP contribution in [0.25, 0.3) is 10.9 Å². The third-order valence-electron chi connectivity index (χ3n) is 2.34. The highest BCUT2D eigenvalue weighted by Crippen LogP contribution is 2.15. The Kier molecular flexibility index (Phi) is 2.17. The SMILES string of the molecule is Cn1c(CN)nc2cc(O)ccc2c1=O. The number of nitrogens with two attached hydrogens (primary N) is 1. The van der Waals surface area contributed by atoms with Crippen molar-refractivity contribution in [3.8, 4) is 5.75 Å². The third-order valence-corrected chi connectivity index (χ3v) is 2.34. The average Bonchev–Trinajstić information content (AvgIpc) is 2.23. The molecule has 0 radical (unpaired) electrons. The Morgan fingerprint density at radius 3 is 2.93 bits per heavy atom. The Bertz CT molecular complexity index is 575. The molecule has 0 fully saturated rings. The first-order chi connectivity index (χ1) is 7.13. The Morgan fingerprint density at radius 2 is 2.27 bits per heavy atom. The molecule has 15 heavy (non-hydrogen) atoms. The van der Waals surface area contributed by atoms with Crippen molar-refractivity contribution in [1.29, 1.82) is 0 Å². The fourth-order valence-electron chi connectivity index (χ4n) is 1.49. The van der Waals surface area contributed by atoms with Crippen molar-refractivity contribution in [2.75, 3.05) is 0 Å². The van der Waals surface area contributed by atoms with E-state index in [0.29, 0.717) is 16.7 Å². The summed E-state index contributed by atoms with van der Waals surface area (Å²) in [4.78, 5) is 16.0. The highest BCUT2D eigenvalue weighted by Gasteiger charge is 2.06. The van der Waals surface area contributed by atoms with Crippen molar-refractivity contribution in [2.45, 2.75) is 6.54 Å². The molecule has 2 aromatic rings. The molecule has 0 spiro atoms. The van der Waals surface area contributed by atoms with Crippen LogP contribution in [0.3, 0.4) is 0 Å². The first-order valence-corrected chi connectivity index (χ1v) is 4.52. The Balaban J connectivity index is 2.91. The molecule has 0 saturated carbocycles. The Hall–Kier alpha value is -1.88. The van der Waals surface area contributed by atoms with Gasteiger partial charge in [-0.15, -0.1) is 0 Å². The van der Waals surface area contributed by atoms with Gasteiger partial charge in [0.2, 0.25) is 0 Å². The molecule has 0 bridgehead atoms.